The predicted molar refractivity (Wildman–Crippen MR) is 113 cm³/mol. The van der Waals surface area contributed by atoms with Crippen LogP contribution >= 0.6 is 0 Å². The van der Waals surface area contributed by atoms with Crippen LogP contribution in [0.2, 0.25) is 0 Å². The van der Waals surface area contributed by atoms with Crippen LogP contribution in [0.15, 0.2) is 12.2 Å². The number of carbonyl (C=O) groups excluding carboxylic acids is 2. The summed E-state index contributed by atoms with van der Waals surface area (Å²) in [6.07, 6.45) is 4.93. The number of hydrogen-bond acceptors (Lipinski definition) is 6. The van der Waals surface area contributed by atoms with Crippen LogP contribution in [0.25, 0.3) is 0 Å². The average molecular weight is 413 g/mol. The molecular weight excluding hydrogens is 372 g/mol. The van der Waals surface area contributed by atoms with Gasteiger partial charge >= 0.3 is 12.1 Å². The minimum Gasteiger partial charge on any atom is -0.460 e. The fourth-order valence-electron chi connectivity index (χ4n) is 3.09. The monoisotopic (exact) mass is 412 g/mol. The Hall–Kier alpha value is -1.56. The van der Waals surface area contributed by atoms with Gasteiger partial charge in [0, 0.05) is 6.42 Å². The molecule has 168 valence electrons. The van der Waals surface area contributed by atoms with Crippen LogP contribution < -0.4 is 0 Å². The van der Waals surface area contributed by atoms with Crippen molar-refractivity contribution in [2.45, 2.75) is 117 Å². The first-order chi connectivity index (χ1) is 13.0. The molecule has 3 unspecified atom stereocenters. The highest BCUT2D eigenvalue weighted by Crippen LogP contribution is 2.27. The number of ether oxygens (including phenoxy) is 4. The summed E-state index contributed by atoms with van der Waals surface area (Å²) in [7, 11) is 0. The second-order valence-corrected chi connectivity index (χ2v) is 10.7. The zero-order valence-electron chi connectivity index (χ0n) is 19.7. The lowest BCUT2D eigenvalue weighted by Crippen LogP contribution is -2.34. The molecular formula is C23H40O6. The van der Waals surface area contributed by atoms with Crippen LogP contribution in [0.1, 0.15) is 88.0 Å². The second kappa shape index (κ2) is 9.96. The highest BCUT2D eigenvalue weighted by molar-refractivity contribution is 5.70. The molecule has 0 saturated carbocycles. The van der Waals surface area contributed by atoms with Crippen molar-refractivity contribution in [3.05, 3.63) is 12.2 Å². The Bertz CT molecular complexity index is 574. The van der Waals surface area contributed by atoms with E-state index in [-0.39, 0.29) is 30.0 Å². The zero-order chi connectivity index (χ0) is 22.5. The number of hydrogen-bond donors (Lipinski definition) is 0. The quantitative estimate of drug-likeness (QED) is 0.443. The van der Waals surface area contributed by atoms with Gasteiger partial charge in [-0.05, 0) is 87.1 Å². The average Bonchev–Trinajstić information content (AvgIpc) is 2.42. The van der Waals surface area contributed by atoms with Gasteiger partial charge in [0.2, 0.25) is 0 Å². The topological polar surface area (TPSA) is 71.1 Å². The first-order valence-electron chi connectivity index (χ1n) is 10.5. The molecule has 0 amide bonds. The van der Waals surface area contributed by atoms with E-state index in [0.717, 1.165) is 12.8 Å². The summed E-state index contributed by atoms with van der Waals surface area (Å²) >= 11 is 0. The van der Waals surface area contributed by atoms with Gasteiger partial charge < -0.3 is 18.9 Å². The normalized spacial score (nSPS) is 24.8. The summed E-state index contributed by atoms with van der Waals surface area (Å²) in [6.45, 7) is 17.0. The molecule has 0 aromatic rings. The molecule has 29 heavy (non-hydrogen) atoms. The van der Waals surface area contributed by atoms with Crippen molar-refractivity contribution in [3.8, 4) is 0 Å². The van der Waals surface area contributed by atoms with Crippen LogP contribution in [0, 0.1) is 5.92 Å². The lowest BCUT2D eigenvalue weighted by atomic mass is 9.91. The lowest BCUT2D eigenvalue weighted by Gasteiger charge is -2.32. The van der Waals surface area contributed by atoms with E-state index in [4.69, 9.17) is 18.9 Å². The Morgan fingerprint density at radius 3 is 1.93 bits per heavy atom. The van der Waals surface area contributed by atoms with Crippen LogP contribution in [0.4, 0.5) is 4.79 Å². The summed E-state index contributed by atoms with van der Waals surface area (Å²) in [5.41, 5.74) is -1.45. The summed E-state index contributed by atoms with van der Waals surface area (Å²) in [5, 5.41) is 0. The molecule has 0 aromatic carbocycles. The van der Waals surface area contributed by atoms with Gasteiger partial charge in [0.15, 0.2) is 0 Å². The minimum atomic E-state index is -0.703. The largest absolute Gasteiger partial charge is 0.509 e. The second-order valence-electron chi connectivity index (χ2n) is 10.7. The maximum atomic E-state index is 12.3. The van der Waals surface area contributed by atoms with Crippen molar-refractivity contribution >= 4 is 12.1 Å². The molecule has 1 rings (SSSR count). The molecule has 0 spiro atoms. The van der Waals surface area contributed by atoms with Gasteiger partial charge in [-0.25, -0.2) is 4.79 Å². The highest BCUT2D eigenvalue weighted by atomic mass is 16.7. The SMILES string of the molecule is CC(C)(C)OC(=O)CC1/C=C/C(OC(=O)OC(C)(C)C)CC(OC(C)(C)C)CC1. The zero-order valence-corrected chi connectivity index (χ0v) is 19.7. The van der Waals surface area contributed by atoms with Crippen molar-refractivity contribution in [2.75, 3.05) is 0 Å². The van der Waals surface area contributed by atoms with E-state index in [1.165, 1.54) is 0 Å². The van der Waals surface area contributed by atoms with Gasteiger partial charge in [-0.1, -0.05) is 6.08 Å². The Morgan fingerprint density at radius 1 is 0.828 bits per heavy atom. The van der Waals surface area contributed by atoms with Crippen molar-refractivity contribution in [1.82, 2.24) is 0 Å². The van der Waals surface area contributed by atoms with E-state index in [0.29, 0.717) is 6.42 Å². The predicted octanol–water partition coefficient (Wildman–Crippen LogP) is 5.58. The van der Waals surface area contributed by atoms with Gasteiger partial charge in [-0.2, -0.15) is 0 Å². The smallest absolute Gasteiger partial charge is 0.460 e. The third-order valence-electron chi connectivity index (χ3n) is 3.96. The molecule has 0 fully saturated rings. The lowest BCUT2D eigenvalue weighted by molar-refractivity contribution is -0.155. The van der Waals surface area contributed by atoms with E-state index in [9.17, 15) is 9.59 Å². The third kappa shape index (κ3) is 12.6. The molecule has 1 aliphatic rings. The van der Waals surface area contributed by atoms with Crippen molar-refractivity contribution < 1.29 is 28.5 Å². The number of carbonyl (C=O) groups is 2. The Kier molecular flexibility index (Phi) is 8.75. The van der Waals surface area contributed by atoms with Crippen molar-refractivity contribution in [1.29, 1.82) is 0 Å². The maximum Gasteiger partial charge on any atom is 0.509 e. The first kappa shape index (κ1) is 25.5. The number of allylic oxidation sites excluding steroid dienone is 1. The first-order valence-corrected chi connectivity index (χ1v) is 10.5. The van der Waals surface area contributed by atoms with Gasteiger partial charge in [-0.15, -0.1) is 0 Å². The van der Waals surface area contributed by atoms with E-state index in [1.807, 2.05) is 53.7 Å². The van der Waals surface area contributed by atoms with Crippen LogP contribution in [0.5, 0.6) is 0 Å². The number of rotatable bonds is 4. The fourth-order valence-corrected chi connectivity index (χ4v) is 3.09. The van der Waals surface area contributed by atoms with Gasteiger partial charge in [0.25, 0.3) is 0 Å². The molecule has 0 radical (unpaired) electrons. The van der Waals surface area contributed by atoms with Crippen LogP contribution in [-0.2, 0) is 23.7 Å². The van der Waals surface area contributed by atoms with Gasteiger partial charge in [-0.3, -0.25) is 4.79 Å². The summed E-state index contributed by atoms with van der Waals surface area (Å²) in [5.74, 6) is -0.230. The Balaban J connectivity index is 2.88. The molecule has 0 heterocycles. The van der Waals surface area contributed by atoms with Crippen molar-refractivity contribution in [2.24, 2.45) is 5.92 Å². The van der Waals surface area contributed by atoms with Crippen LogP contribution in [0.3, 0.4) is 0 Å². The van der Waals surface area contributed by atoms with E-state index < -0.39 is 23.5 Å². The van der Waals surface area contributed by atoms with E-state index in [1.54, 1.807) is 20.8 Å². The molecule has 1 aliphatic carbocycles. The molecule has 0 N–H and O–H groups in total. The Labute approximate surface area is 176 Å². The van der Waals surface area contributed by atoms with Crippen molar-refractivity contribution in [3.63, 3.8) is 0 Å². The van der Waals surface area contributed by atoms with E-state index in [2.05, 4.69) is 0 Å². The van der Waals surface area contributed by atoms with Gasteiger partial charge in [0.05, 0.1) is 18.1 Å². The molecule has 6 heteroatoms. The van der Waals surface area contributed by atoms with E-state index >= 15 is 0 Å². The molecule has 0 saturated heterocycles. The third-order valence-corrected chi connectivity index (χ3v) is 3.96. The minimum absolute atomic E-state index is 0.000884. The van der Waals surface area contributed by atoms with Gasteiger partial charge in [0.1, 0.15) is 17.3 Å². The Morgan fingerprint density at radius 2 is 1.41 bits per heavy atom. The van der Waals surface area contributed by atoms with Crippen LogP contribution in [-0.4, -0.2) is 41.1 Å². The fraction of sp³-hybridized carbons (Fsp3) is 0.826. The molecule has 0 bridgehead atoms. The number of esters is 1. The molecule has 6 nitrogen and oxygen atoms in total. The molecule has 0 aliphatic heterocycles. The summed E-state index contributed by atoms with van der Waals surface area (Å²) in [6, 6.07) is 0. The highest BCUT2D eigenvalue weighted by Gasteiger charge is 2.29. The standard InChI is InChI=1S/C23H40O6/c1-21(2,3)27-18-13-11-16(14-19(24)28-22(4,5)6)10-12-17(15-18)26-20(25)29-23(7,8)9/h10,12,16-18H,11,13-15H2,1-9H3/b12-10+. The summed E-state index contributed by atoms with van der Waals surface area (Å²) in [4.78, 5) is 24.4. The molecule has 3 atom stereocenters. The summed E-state index contributed by atoms with van der Waals surface area (Å²) < 4.78 is 22.5. The maximum absolute atomic E-state index is 12.3. The molecule has 0 aromatic heterocycles.